The van der Waals surface area contributed by atoms with E-state index >= 15 is 0 Å². The van der Waals surface area contributed by atoms with E-state index in [1.54, 1.807) is 23.7 Å². The molecule has 0 aliphatic carbocycles. The molecule has 2 aliphatic rings. The van der Waals surface area contributed by atoms with Gasteiger partial charge in [0, 0.05) is 17.7 Å². The summed E-state index contributed by atoms with van der Waals surface area (Å²) in [5, 5.41) is 8.73. The molecule has 1 aromatic carbocycles. The molecule has 2 aliphatic heterocycles. The van der Waals surface area contributed by atoms with Crippen molar-refractivity contribution in [1.82, 2.24) is 10.4 Å². The lowest BCUT2D eigenvalue weighted by atomic mass is 10.0. The molecule has 0 spiro atoms. The van der Waals surface area contributed by atoms with Crippen molar-refractivity contribution in [3.8, 4) is 5.75 Å². The molecular formula is C16H20N2O5. The summed E-state index contributed by atoms with van der Waals surface area (Å²) < 4.78 is 11.0. The second-order valence-corrected chi connectivity index (χ2v) is 5.81. The average Bonchev–Trinajstić information content (AvgIpc) is 3.06. The van der Waals surface area contributed by atoms with E-state index in [-0.39, 0.29) is 17.9 Å². The van der Waals surface area contributed by atoms with Crippen molar-refractivity contribution in [3.05, 3.63) is 29.3 Å². The predicted molar refractivity (Wildman–Crippen MR) is 80.2 cm³/mol. The summed E-state index contributed by atoms with van der Waals surface area (Å²) in [7, 11) is 0. The number of carbonyl (C=O) groups is 2. The van der Waals surface area contributed by atoms with Gasteiger partial charge >= 0.3 is 0 Å². The number of rotatable bonds is 2. The molecule has 0 unspecified atom stereocenters. The highest BCUT2D eigenvalue weighted by molar-refractivity contribution is 5.94. The summed E-state index contributed by atoms with van der Waals surface area (Å²) in [6.45, 7) is 3.91. The molecule has 0 radical (unpaired) electrons. The molecular weight excluding hydrogens is 300 g/mol. The monoisotopic (exact) mass is 320 g/mol. The summed E-state index contributed by atoms with van der Waals surface area (Å²) in [4.78, 5) is 26.0. The number of hydrogen-bond donors (Lipinski definition) is 2. The third kappa shape index (κ3) is 3.02. The highest BCUT2D eigenvalue weighted by Crippen LogP contribution is 2.34. The third-order valence-corrected chi connectivity index (χ3v) is 4.45. The molecule has 1 saturated heterocycles. The molecule has 1 fully saturated rings. The van der Waals surface area contributed by atoms with E-state index in [1.807, 2.05) is 11.8 Å². The van der Waals surface area contributed by atoms with Crippen LogP contribution in [0.1, 0.15) is 35.3 Å². The Balaban J connectivity index is 1.86. The minimum absolute atomic E-state index is 0.0848. The summed E-state index contributed by atoms with van der Waals surface area (Å²) in [5.41, 5.74) is 2.77. The van der Waals surface area contributed by atoms with Crippen molar-refractivity contribution >= 4 is 11.8 Å². The molecule has 23 heavy (non-hydrogen) atoms. The van der Waals surface area contributed by atoms with Gasteiger partial charge in [0.25, 0.3) is 5.91 Å². The van der Waals surface area contributed by atoms with E-state index in [0.29, 0.717) is 37.7 Å². The van der Waals surface area contributed by atoms with Gasteiger partial charge in [0.2, 0.25) is 5.91 Å². The molecule has 7 heteroatoms. The zero-order valence-electron chi connectivity index (χ0n) is 12.9. The van der Waals surface area contributed by atoms with E-state index in [0.717, 1.165) is 12.0 Å². The van der Waals surface area contributed by atoms with Gasteiger partial charge < -0.3 is 14.4 Å². The summed E-state index contributed by atoms with van der Waals surface area (Å²) in [6, 6.07) is 4.81. The number of ether oxygens (including phenoxy) is 2. The summed E-state index contributed by atoms with van der Waals surface area (Å²) >= 11 is 0. The van der Waals surface area contributed by atoms with Gasteiger partial charge in [0.1, 0.15) is 12.4 Å². The van der Waals surface area contributed by atoms with Gasteiger partial charge in [-0.25, -0.2) is 5.48 Å². The molecule has 3 rings (SSSR count). The minimum Gasteiger partial charge on any atom is -0.491 e. The normalized spacial score (nSPS) is 23.7. The fourth-order valence-corrected chi connectivity index (χ4v) is 3.09. The molecule has 2 heterocycles. The first-order valence-corrected chi connectivity index (χ1v) is 7.71. The maximum Gasteiger partial charge on any atom is 0.274 e. The zero-order chi connectivity index (χ0) is 16.4. The standard InChI is InChI=1S/C16H20N2O5/c1-10-13-3-2-11(15(19)17-21)8-14(13)23-7-5-18(10)16(20)12-4-6-22-9-12/h2-3,8,10,12,21H,4-7,9H2,1H3,(H,17,19)/t10-,12-/m0/s1. The van der Waals surface area contributed by atoms with Crippen molar-refractivity contribution in [3.63, 3.8) is 0 Å². The molecule has 0 aromatic heterocycles. The lowest BCUT2D eigenvalue weighted by Gasteiger charge is -2.29. The van der Waals surface area contributed by atoms with Crippen molar-refractivity contribution in [2.45, 2.75) is 19.4 Å². The quantitative estimate of drug-likeness (QED) is 0.630. The molecule has 2 atom stereocenters. The number of fused-ring (bicyclic) bond motifs is 1. The molecule has 2 N–H and O–H groups in total. The second-order valence-electron chi connectivity index (χ2n) is 5.81. The van der Waals surface area contributed by atoms with Crippen LogP contribution < -0.4 is 10.2 Å². The van der Waals surface area contributed by atoms with Gasteiger partial charge in [0.15, 0.2) is 0 Å². The predicted octanol–water partition coefficient (Wildman–Crippen LogP) is 1.12. The fourth-order valence-electron chi connectivity index (χ4n) is 3.09. The molecule has 0 bridgehead atoms. The molecule has 0 saturated carbocycles. The van der Waals surface area contributed by atoms with Crippen LogP contribution in [0.5, 0.6) is 5.75 Å². The SMILES string of the molecule is C[C@H]1c2ccc(C(=O)NO)cc2OCCN1C(=O)[C@H]1CCOC1. The highest BCUT2D eigenvalue weighted by atomic mass is 16.5. The molecule has 124 valence electrons. The van der Waals surface area contributed by atoms with E-state index in [4.69, 9.17) is 14.7 Å². The lowest BCUT2D eigenvalue weighted by molar-refractivity contribution is -0.137. The largest absolute Gasteiger partial charge is 0.491 e. The van der Waals surface area contributed by atoms with Gasteiger partial charge in [-0.3, -0.25) is 14.8 Å². The van der Waals surface area contributed by atoms with Crippen molar-refractivity contribution in [2.75, 3.05) is 26.4 Å². The summed E-state index contributed by atoms with van der Waals surface area (Å²) in [5.74, 6) is -0.0250. The van der Waals surface area contributed by atoms with E-state index in [9.17, 15) is 9.59 Å². The maximum atomic E-state index is 12.7. The van der Waals surface area contributed by atoms with Crippen molar-refractivity contribution < 1.29 is 24.3 Å². The van der Waals surface area contributed by atoms with Gasteiger partial charge in [-0.2, -0.15) is 0 Å². The van der Waals surface area contributed by atoms with Crippen LogP contribution in [0.25, 0.3) is 0 Å². The number of benzene rings is 1. The molecule has 1 aromatic rings. The van der Waals surface area contributed by atoms with Crippen LogP contribution in [0.4, 0.5) is 0 Å². The number of amides is 2. The Morgan fingerprint density at radius 1 is 1.35 bits per heavy atom. The van der Waals surface area contributed by atoms with Gasteiger partial charge in [-0.05, 0) is 25.5 Å². The minimum atomic E-state index is -0.593. The second kappa shape index (κ2) is 6.55. The third-order valence-electron chi connectivity index (χ3n) is 4.45. The summed E-state index contributed by atoms with van der Waals surface area (Å²) in [6.07, 6.45) is 0.755. The van der Waals surface area contributed by atoms with Crippen LogP contribution >= 0.6 is 0 Å². The highest BCUT2D eigenvalue weighted by Gasteiger charge is 2.33. The zero-order valence-corrected chi connectivity index (χ0v) is 12.9. The van der Waals surface area contributed by atoms with E-state index < -0.39 is 5.91 Å². The Labute approximate surface area is 134 Å². The van der Waals surface area contributed by atoms with Crippen LogP contribution in [0.3, 0.4) is 0 Å². The smallest absolute Gasteiger partial charge is 0.274 e. The van der Waals surface area contributed by atoms with Gasteiger partial charge in [-0.1, -0.05) is 6.07 Å². The first-order valence-electron chi connectivity index (χ1n) is 7.71. The van der Waals surface area contributed by atoms with Gasteiger partial charge in [0.05, 0.1) is 25.1 Å². The van der Waals surface area contributed by atoms with Crippen molar-refractivity contribution in [2.24, 2.45) is 5.92 Å². The fraction of sp³-hybridized carbons (Fsp3) is 0.500. The molecule has 7 nitrogen and oxygen atoms in total. The maximum absolute atomic E-state index is 12.7. The number of hydrogen-bond acceptors (Lipinski definition) is 5. The number of carbonyl (C=O) groups excluding carboxylic acids is 2. The Kier molecular flexibility index (Phi) is 4.49. The average molecular weight is 320 g/mol. The Hall–Kier alpha value is -2.12. The number of nitrogens with one attached hydrogen (secondary N) is 1. The topological polar surface area (TPSA) is 88.1 Å². The van der Waals surface area contributed by atoms with E-state index in [1.165, 1.54) is 0 Å². The van der Waals surface area contributed by atoms with E-state index in [2.05, 4.69) is 0 Å². The van der Waals surface area contributed by atoms with Crippen LogP contribution in [0.15, 0.2) is 18.2 Å². The van der Waals surface area contributed by atoms with Gasteiger partial charge in [-0.15, -0.1) is 0 Å². The van der Waals surface area contributed by atoms with Crippen LogP contribution in [-0.2, 0) is 9.53 Å². The Morgan fingerprint density at radius 2 is 2.17 bits per heavy atom. The molecule has 2 amide bonds. The number of nitrogens with zero attached hydrogens (tertiary/aromatic N) is 1. The Bertz CT molecular complexity index is 612. The van der Waals surface area contributed by atoms with Crippen LogP contribution in [-0.4, -0.2) is 48.3 Å². The Morgan fingerprint density at radius 3 is 2.87 bits per heavy atom. The number of hydroxylamine groups is 1. The lowest BCUT2D eigenvalue weighted by Crippen LogP contribution is -2.39. The van der Waals surface area contributed by atoms with Crippen LogP contribution in [0.2, 0.25) is 0 Å². The first kappa shape index (κ1) is 15.8. The van der Waals surface area contributed by atoms with Crippen LogP contribution in [0, 0.1) is 5.92 Å². The first-order chi connectivity index (χ1) is 11.1. The van der Waals surface area contributed by atoms with Crippen molar-refractivity contribution in [1.29, 1.82) is 0 Å².